The number of carbonyl (C=O) groups excluding carboxylic acids is 1. The minimum Gasteiger partial charge on any atom is -0.347 e. The largest absolute Gasteiger partial charge is 0.347 e. The summed E-state index contributed by atoms with van der Waals surface area (Å²) in [4.78, 5) is 13.3. The van der Waals surface area contributed by atoms with Gasteiger partial charge < -0.3 is 10.2 Å². The van der Waals surface area contributed by atoms with Gasteiger partial charge in [0.2, 0.25) is 5.91 Å². The van der Waals surface area contributed by atoms with E-state index in [0.29, 0.717) is 6.04 Å². The zero-order valence-corrected chi connectivity index (χ0v) is 11.7. The Kier molecular flexibility index (Phi) is 7.39. The molecule has 0 fully saturated rings. The van der Waals surface area contributed by atoms with Gasteiger partial charge in [0, 0.05) is 20.1 Å². The predicted molar refractivity (Wildman–Crippen MR) is 69.4 cm³/mol. The maximum absolute atomic E-state index is 11.6. The predicted octanol–water partition coefficient (Wildman–Crippen LogP) is 2.27. The third-order valence-corrected chi connectivity index (χ3v) is 2.76. The Morgan fingerprint density at radius 2 is 1.69 bits per heavy atom. The van der Waals surface area contributed by atoms with Crippen molar-refractivity contribution in [2.24, 2.45) is 5.92 Å². The molecular weight excluding hydrogens is 200 g/mol. The van der Waals surface area contributed by atoms with Crippen LogP contribution in [0, 0.1) is 5.92 Å². The van der Waals surface area contributed by atoms with Crippen LogP contribution < -0.4 is 5.32 Å². The van der Waals surface area contributed by atoms with Gasteiger partial charge in [0.25, 0.3) is 0 Å². The molecule has 0 saturated carbocycles. The van der Waals surface area contributed by atoms with Crippen molar-refractivity contribution < 1.29 is 4.79 Å². The second-order valence-corrected chi connectivity index (χ2v) is 5.35. The van der Waals surface area contributed by atoms with Gasteiger partial charge in [-0.1, -0.05) is 26.7 Å². The first-order chi connectivity index (χ1) is 7.34. The molecule has 3 heteroatoms. The Balaban J connectivity index is 3.78. The monoisotopic (exact) mass is 228 g/mol. The van der Waals surface area contributed by atoms with Crippen LogP contribution in [0.1, 0.15) is 47.0 Å². The SMILES string of the molecule is CC(C)CCCC(C)N[C@H](C)C(=O)N(C)C. The van der Waals surface area contributed by atoms with Gasteiger partial charge in [0.1, 0.15) is 0 Å². The van der Waals surface area contributed by atoms with E-state index in [2.05, 4.69) is 26.1 Å². The van der Waals surface area contributed by atoms with Gasteiger partial charge in [-0.3, -0.25) is 4.79 Å². The Morgan fingerprint density at radius 1 is 1.12 bits per heavy atom. The number of hydrogen-bond donors (Lipinski definition) is 1. The van der Waals surface area contributed by atoms with Gasteiger partial charge in [-0.25, -0.2) is 0 Å². The molecule has 0 rings (SSSR count). The minimum atomic E-state index is -0.0796. The molecule has 0 aromatic heterocycles. The molecule has 0 aliphatic heterocycles. The lowest BCUT2D eigenvalue weighted by Crippen LogP contribution is -2.45. The van der Waals surface area contributed by atoms with Crippen LogP contribution in [-0.4, -0.2) is 37.0 Å². The second kappa shape index (κ2) is 7.66. The van der Waals surface area contributed by atoms with Crippen LogP contribution in [0.25, 0.3) is 0 Å². The van der Waals surface area contributed by atoms with Gasteiger partial charge in [-0.05, 0) is 26.2 Å². The van der Waals surface area contributed by atoms with Crippen molar-refractivity contribution in [1.29, 1.82) is 0 Å². The summed E-state index contributed by atoms with van der Waals surface area (Å²) in [5, 5.41) is 3.34. The molecule has 0 aliphatic rings. The average molecular weight is 228 g/mol. The molecule has 0 spiro atoms. The first-order valence-electron chi connectivity index (χ1n) is 6.31. The summed E-state index contributed by atoms with van der Waals surface area (Å²) in [5.41, 5.74) is 0. The van der Waals surface area contributed by atoms with Crippen molar-refractivity contribution in [1.82, 2.24) is 10.2 Å². The van der Waals surface area contributed by atoms with Crippen LogP contribution in [0.4, 0.5) is 0 Å². The summed E-state index contributed by atoms with van der Waals surface area (Å²) >= 11 is 0. The maximum Gasteiger partial charge on any atom is 0.238 e. The zero-order chi connectivity index (χ0) is 12.7. The molecule has 0 heterocycles. The minimum absolute atomic E-state index is 0.0796. The van der Waals surface area contributed by atoms with E-state index < -0.39 is 0 Å². The van der Waals surface area contributed by atoms with Crippen molar-refractivity contribution in [3.8, 4) is 0 Å². The highest BCUT2D eigenvalue weighted by atomic mass is 16.2. The molecule has 0 aromatic rings. The smallest absolute Gasteiger partial charge is 0.238 e. The van der Waals surface area contributed by atoms with Crippen LogP contribution in [0.3, 0.4) is 0 Å². The summed E-state index contributed by atoms with van der Waals surface area (Å²) in [6, 6.07) is 0.335. The van der Waals surface area contributed by atoms with Gasteiger partial charge in [-0.15, -0.1) is 0 Å². The van der Waals surface area contributed by atoms with E-state index in [4.69, 9.17) is 0 Å². The van der Waals surface area contributed by atoms with Crippen LogP contribution in [0.5, 0.6) is 0 Å². The lowest BCUT2D eigenvalue weighted by molar-refractivity contribution is -0.130. The van der Waals surface area contributed by atoms with Gasteiger partial charge in [0.15, 0.2) is 0 Å². The first-order valence-corrected chi connectivity index (χ1v) is 6.31. The molecule has 3 nitrogen and oxygen atoms in total. The molecule has 0 bridgehead atoms. The molecule has 2 atom stereocenters. The fourth-order valence-electron chi connectivity index (χ4n) is 1.80. The lowest BCUT2D eigenvalue weighted by atomic mass is 10.0. The lowest BCUT2D eigenvalue weighted by Gasteiger charge is -2.22. The molecule has 1 unspecified atom stereocenters. The molecule has 0 aromatic carbocycles. The van der Waals surface area contributed by atoms with Crippen LogP contribution in [0.2, 0.25) is 0 Å². The highest BCUT2D eigenvalue weighted by molar-refractivity contribution is 5.80. The maximum atomic E-state index is 11.6. The van der Waals surface area contributed by atoms with Gasteiger partial charge in [-0.2, -0.15) is 0 Å². The van der Waals surface area contributed by atoms with Crippen molar-refractivity contribution >= 4 is 5.91 Å². The summed E-state index contributed by atoms with van der Waals surface area (Å²) in [6.07, 6.45) is 3.64. The summed E-state index contributed by atoms with van der Waals surface area (Å²) in [6.45, 7) is 8.58. The highest BCUT2D eigenvalue weighted by Gasteiger charge is 2.16. The molecule has 1 N–H and O–H groups in total. The van der Waals surface area contributed by atoms with Crippen molar-refractivity contribution in [2.45, 2.75) is 59.0 Å². The average Bonchev–Trinajstić information content (AvgIpc) is 2.15. The van der Waals surface area contributed by atoms with E-state index >= 15 is 0 Å². The standard InChI is InChI=1S/C13H28N2O/c1-10(2)8-7-9-11(3)14-12(4)13(16)15(5)6/h10-12,14H,7-9H2,1-6H3/t11?,12-/m1/s1. The van der Waals surface area contributed by atoms with E-state index in [9.17, 15) is 4.79 Å². The Labute approximate surface area is 101 Å². The van der Waals surface area contributed by atoms with Gasteiger partial charge in [0.05, 0.1) is 6.04 Å². The number of nitrogens with one attached hydrogen (secondary N) is 1. The van der Waals surface area contributed by atoms with Crippen molar-refractivity contribution in [3.05, 3.63) is 0 Å². The number of rotatable bonds is 7. The fraction of sp³-hybridized carbons (Fsp3) is 0.923. The third-order valence-electron chi connectivity index (χ3n) is 2.76. The third kappa shape index (κ3) is 6.83. The van der Waals surface area contributed by atoms with E-state index in [-0.39, 0.29) is 11.9 Å². The zero-order valence-electron chi connectivity index (χ0n) is 11.7. The molecule has 1 amide bonds. The van der Waals surface area contributed by atoms with Gasteiger partial charge >= 0.3 is 0 Å². The number of carbonyl (C=O) groups is 1. The topological polar surface area (TPSA) is 32.3 Å². The quantitative estimate of drug-likeness (QED) is 0.725. The molecule has 96 valence electrons. The van der Waals surface area contributed by atoms with E-state index in [1.165, 1.54) is 12.8 Å². The van der Waals surface area contributed by atoms with E-state index in [1.807, 2.05) is 6.92 Å². The van der Waals surface area contributed by atoms with Crippen molar-refractivity contribution in [3.63, 3.8) is 0 Å². The van der Waals surface area contributed by atoms with Crippen LogP contribution in [0.15, 0.2) is 0 Å². The Morgan fingerprint density at radius 3 is 2.12 bits per heavy atom. The number of amides is 1. The number of nitrogens with zero attached hydrogens (tertiary/aromatic N) is 1. The Bertz CT molecular complexity index is 202. The van der Waals surface area contributed by atoms with Crippen LogP contribution in [-0.2, 0) is 4.79 Å². The van der Waals surface area contributed by atoms with Crippen molar-refractivity contribution in [2.75, 3.05) is 14.1 Å². The van der Waals surface area contributed by atoms with E-state index in [0.717, 1.165) is 12.3 Å². The molecule has 16 heavy (non-hydrogen) atoms. The summed E-state index contributed by atoms with van der Waals surface area (Å²) in [7, 11) is 3.59. The molecular formula is C13H28N2O. The number of likely N-dealkylation sites (N-methyl/N-ethyl adjacent to an activating group) is 1. The second-order valence-electron chi connectivity index (χ2n) is 5.35. The highest BCUT2D eigenvalue weighted by Crippen LogP contribution is 2.08. The van der Waals surface area contributed by atoms with Crippen LogP contribution >= 0.6 is 0 Å². The fourth-order valence-corrected chi connectivity index (χ4v) is 1.80. The normalized spacial score (nSPS) is 14.9. The Hall–Kier alpha value is -0.570. The molecule has 0 saturated heterocycles. The summed E-state index contributed by atoms with van der Waals surface area (Å²) in [5.74, 6) is 0.920. The summed E-state index contributed by atoms with van der Waals surface area (Å²) < 4.78 is 0. The first kappa shape index (κ1) is 15.4. The van der Waals surface area contributed by atoms with E-state index in [1.54, 1.807) is 19.0 Å². The number of hydrogen-bond acceptors (Lipinski definition) is 2. The molecule has 0 radical (unpaired) electrons. The molecule has 0 aliphatic carbocycles.